The molecule has 0 spiro atoms. The van der Waals surface area contributed by atoms with E-state index >= 15 is 0 Å². The highest BCUT2D eigenvalue weighted by Crippen LogP contribution is 2.30. The van der Waals surface area contributed by atoms with Crippen molar-refractivity contribution in [2.45, 2.75) is 39.0 Å². The van der Waals surface area contributed by atoms with Crippen molar-refractivity contribution in [2.75, 3.05) is 6.54 Å². The van der Waals surface area contributed by atoms with Crippen molar-refractivity contribution in [3.63, 3.8) is 0 Å². The zero-order chi connectivity index (χ0) is 27.7. The van der Waals surface area contributed by atoms with Gasteiger partial charge in [0.05, 0.1) is 6.04 Å². The average Bonchev–Trinajstić information content (AvgIpc) is 2.97. The Morgan fingerprint density at radius 1 is 0.872 bits per heavy atom. The van der Waals surface area contributed by atoms with Gasteiger partial charge in [0.2, 0.25) is 5.91 Å². The summed E-state index contributed by atoms with van der Waals surface area (Å²) in [4.78, 5) is 13.3. The van der Waals surface area contributed by atoms with E-state index in [0.29, 0.717) is 6.54 Å². The van der Waals surface area contributed by atoms with E-state index in [1.54, 1.807) is 19.9 Å². The van der Waals surface area contributed by atoms with Crippen LogP contribution in [0.2, 0.25) is 0 Å². The molecule has 1 unspecified atom stereocenters. The topological polar surface area (TPSA) is 61.4 Å². The Bertz CT molecular complexity index is 1460. The summed E-state index contributed by atoms with van der Waals surface area (Å²) in [5, 5.41) is 20.2. The summed E-state index contributed by atoms with van der Waals surface area (Å²) >= 11 is 0. The molecule has 39 heavy (non-hydrogen) atoms. The van der Waals surface area contributed by atoms with E-state index in [2.05, 4.69) is 71.9 Å². The van der Waals surface area contributed by atoms with E-state index in [1.807, 2.05) is 66.7 Å². The fraction of sp³-hybridized carbons (Fsp3) is 0.229. The zero-order valence-corrected chi connectivity index (χ0v) is 22.8. The van der Waals surface area contributed by atoms with Crippen LogP contribution in [0.25, 0.3) is 10.8 Å². The summed E-state index contributed by atoms with van der Waals surface area (Å²) in [6, 6.07) is 33.3. The third-order valence-corrected chi connectivity index (χ3v) is 6.89. The van der Waals surface area contributed by atoms with E-state index in [1.165, 1.54) is 16.3 Å². The summed E-state index contributed by atoms with van der Waals surface area (Å²) in [6.45, 7) is 6.40. The number of carbonyl (C=O) groups is 1. The molecule has 4 nitrogen and oxygen atoms in total. The molecule has 4 heteroatoms. The van der Waals surface area contributed by atoms with Crippen molar-refractivity contribution in [3.05, 3.63) is 132 Å². The Hall–Kier alpha value is -4.17. The molecule has 3 atom stereocenters. The van der Waals surface area contributed by atoms with E-state index in [9.17, 15) is 9.90 Å². The fourth-order valence-electron chi connectivity index (χ4n) is 4.55. The lowest BCUT2D eigenvalue weighted by molar-refractivity contribution is -0.128. The maximum atomic E-state index is 13.3. The molecule has 1 amide bonds. The summed E-state index contributed by atoms with van der Waals surface area (Å²) in [6.07, 6.45) is 2.86. The largest absolute Gasteiger partial charge is 0.386 e. The predicted molar refractivity (Wildman–Crippen MR) is 160 cm³/mol. The summed E-state index contributed by atoms with van der Waals surface area (Å²) in [5.74, 6) is 5.87. The van der Waals surface area contributed by atoms with Gasteiger partial charge in [-0.05, 0) is 54.3 Å². The van der Waals surface area contributed by atoms with Crippen molar-refractivity contribution in [1.82, 2.24) is 10.6 Å². The van der Waals surface area contributed by atoms with Gasteiger partial charge >= 0.3 is 0 Å². The average molecular weight is 517 g/mol. The molecule has 0 aliphatic heterocycles. The first-order valence-electron chi connectivity index (χ1n) is 13.3. The van der Waals surface area contributed by atoms with Crippen LogP contribution in [-0.2, 0) is 4.79 Å². The first-order chi connectivity index (χ1) is 18.9. The number of hydrogen-bond donors (Lipinski definition) is 3. The number of benzene rings is 4. The minimum atomic E-state index is -0.947. The van der Waals surface area contributed by atoms with Crippen molar-refractivity contribution >= 4 is 16.7 Å². The first kappa shape index (κ1) is 27.9. The molecule has 4 aromatic carbocycles. The summed E-state index contributed by atoms with van der Waals surface area (Å²) < 4.78 is 0. The third-order valence-electron chi connectivity index (χ3n) is 6.89. The van der Waals surface area contributed by atoms with Crippen molar-refractivity contribution in [2.24, 2.45) is 5.41 Å². The van der Waals surface area contributed by atoms with Crippen LogP contribution in [0.4, 0.5) is 0 Å². The van der Waals surface area contributed by atoms with Crippen LogP contribution in [0.5, 0.6) is 0 Å². The van der Waals surface area contributed by atoms with Crippen LogP contribution >= 0.6 is 0 Å². The smallest absolute Gasteiger partial charge is 0.238 e. The monoisotopic (exact) mass is 516 g/mol. The molecular formula is C35H36N2O2. The molecule has 0 radical (unpaired) electrons. The molecule has 0 heterocycles. The quantitative estimate of drug-likeness (QED) is 0.218. The standard InChI is InChI=1S/C35H36N2O2/c1-26(30-23-15-21-27-16-11-12-22-31(27)30)36-25-14-6-13-24-35(2,3)34(39)37-32(28-17-7-4-8-18-28)33(38)29-19-9-5-10-20-29/h4-12,14-23,26,32-33,36,38H,25H2,1-3H3,(H,37,39)/b14-6+/t26-,32?,33-/m1/s1. The maximum Gasteiger partial charge on any atom is 0.238 e. The zero-order valence-electron chi connectivity index (χ0n) is 22.8. The number of allylic oxidation sites excluding steroid dienone is 1. The second-order valence-electron chi connectivity index (χ2n) is 10.2. The van der Waals surface area contributed by atoms with E-state index in [4.69, 9.17) is 0 Å². The molecule has 0 bridgehead atoms. The number of aliphatic hydroxyl groups excluding tert-OH is 1. The van der Waals surface area contributed by atoms with Gasteiger partial charge in [-0.3, -0.25) is 4.79 Å². The normalized spacial score (nSPS) is 13.8. The summed E-state index contributed by atoms with van der Waals surface area (Å²) in [7, 11) is 0. The molecule has 4 rings (SSSR count). The molecular weight excluding hydrogens is 480 g/mol. The van der Waals surface area contributed by atoms with Gasteiger partial charge < -0.3 is 15.7 Å². The third kappa shape index (κ3) is 7.23. The molecule has 3 N–H and O–H groups in total. The Labute approximate surface area is 231 Å². The number of hydrogen-bond acceptors (Lipinski definition) is 3. The van der Waals surface area contributed by atoms with Gasteiger partial charge in [-0.25, -0.2) is 0 Å². The second kappa shape index (κ2) is 13.1. The minimum Gasteiger partial charge on any atom is -0.386 e. The van der Waals surface area contributed by atoms with Gasteiger partial charge in [-0.15, -0.1) is 0 Å². The van der Waals surface area contributed by atoms with Crippen LogP contribution in [0.15, 0.2) is 115 Å². The van der Waals surface area contributed by atoms with Gasteiger partial charge in [0.1, 0.15) is 11.5 Å². The molecule has 0 saturated heterocycles. The Balaban J connectivity index is 1.38. The number of fused-ring (bicyclic) bond motifs is 1. The number of nitrogens with one attached hydrogen (secondary N) is 2. The van der Waals surface area contributed by atoms with Gasteiger partial charge in [0.15, 0.2) is 0 Å². The molecule has 0 saturated carbocycles. The fourth-order valence-corrected chi connectivity index (χ4v) is 4.55. The SMILES string of the molecule is C[C@@H](NC/C=C/C#CC(C)(C)C(=O)NC(c1ccccc1)[C@H](O)c1ccccc1)c1cccc2ccccc12. The van der Waals surface area contributed by atoms with Crippen LogP contribution in [0.1, 0.15) is 55.6 Å². The van der Waals surface area contributed by atoms with Gasteiger partial charge in [-0.1, -0.05) is 121 Å². The summed E-state index contributed by atoms with van der Waals surface area (Å²) in [5.41, 5.74) is 1.88. The van der Waals surface area contributed by atoms with Crippen LogP contribution in [0.3, 0.4) is 0 Å². The van der Waals surface area contributed by atoms with Crippen molar-refractivity contribution < 1.29 is 9.90 Å². The number of amides is 1. The van der Waals surface area contributed by atoms with Gasteiger partial charge in [0, 0.05) is 12.6 Å². The lowest BCUT2D eigenvalue weighted by Crippen LogP contribution is -2.40. The van der Waals surface area contributed by atoms with Crippen LogP contribution in [0, 0.1) is 17.3 Å². The van der Waals surface area contributed by atoms with Crippen LogP contribution in [-0.4, -0.2) is 17.6 Å². The molecule has 0 aromatic heterocycles. The number of aliphatic hydroxyl groups is 1. The highest BCUT2D eigenvalue weighted by Gasteiger charge is 2.31. The van der Waals surface area contributed by atoms with E-state index in [-0.39, 0.29) is 11.9 Å². The minimum absolute atomic E-state index is 0.182. The van der Waals surface area contributed by atoms with Gasteiger partial charge in [-0.2, -0.15) is 0 Å². The molecule has 0 aliphatic rings. The Morgan fingerprint density at radius 3 is 2.21 bits per heavy atom. The Morgan fingerprint density at radius 2 is 1.49 bits per heavy atom. The maximum absolute atomic E-state index is 13.3. The highest BCUT2D eigenvalue weighted by atomic mass is 16.3. The second-order valence-corrected chi connectivity index (χ2v) is 10.2. The van der Waals surface area contributed by atoms with Gasteiger partial charge in [0.25, 0.3) is 0 Å². The lowest BCUT2D eigenvalue weighted by atomic mass is 9.90. The van der Waals surface area contributed by atoms with Crippen molar-refractivity contribution in [1.29, 1.82) is 0 Å². The van der Waals surface area contributed by atoms with E-state index < -0.39 is 17.6 Å². The van der Waals surface area contributed by atoms with E-state index in [0.717, 1.165) is 11.1 Å². The molecule has 4 aromatic rings. The van der Waals surface area contributed by atoms with Crippen LogP contribution < -0.4 is 10.6 Å². The Kier molecular flexibility index (Phi) is 9.33. The van der Waals surface area contributed by atoms with Crippen molar-refractivity contribution in [3.8, 4) is 11.8 Å². The lowest BCUT2D eigenvalue weighted by Gasteiger charge is -2.28. The predicted octanol–water partition coefficient (Wildman–Crippen LogP) is 6.67. The molecule has 0 fully saturated rings. The molecule has 198 valence electrons. The number of carbonyl (C=O) groups excluding carboxylic acids is 1. The molecule has 0 aliphatic carbocycles. The first-order valence-corrected chi connectivity index (χ1v) is 13.3. The number of rotatable bonds is 9. The highest BCUT2D eigenvalue weighted by molar-refractivity contribution is 5.86.